The van der Waals surface area contributed by atoms with Crippen LogP contribution in [0.5, 0.6) is 11.5 Å². The number of nitrogens with zero attached hydrogens (tertiary/aromatic N) is 1. The van der Waals surface area contributed by atoms with Gasteiger partial charge in [-0.2, -0.15) is 0 Å². The first-order valence-corrected chi connectivity index (χ1v) is 7.25. The van der Waals surface area contributed by atoms with Gasteiger partial charge in [0.2, 0.25) is 0 Å². The van der Waals surface area contributed by atoms with E-state index in [0.29, 0.717) is 11.3 Å². The van der Waals surface area contributed by atoms with Crippen molar-refractivity contribution >= 4 is 21.8 Å². The summed E-state index contributed by atoms with van der Waals surface area (Å²) in [5, 5.41) is 11.7. The molecule has 0 spiro atoms. The molecule has 0 fully saturated rings. The Labute approximate surface area is 132 Å². The molecular formula is C16H17BrN2O2. The van der Waals surface area contributed by atoms with Gasteiger partial charge in [-0.1, -0.05) is 17.3 Å². The first-order valence-electron chi connectivity index (χ1n) is 6.46. The molecule has 21 heavy (non-hydrogen) atoms. The second-order valence-electron chi connectivity index (χ2n) is 4.89. The van der Waals surface area contributed by atoms with Crippen molar-refractivity contribution in [1.29, 1.82) is 0 Å². The van der Waals surface area contributed by atoms with E-state index >= 15 is 0 Å². The fourth-order valence-electron chi connectivity index (χ4n) is 1.99. The number of hydrogen-bond acceptors (Lipinski definition) is 3. The zero-order valence-corrected chi connectivity index (χ0v) is 13.7. The quantitative estimate of drug-likeness (QED) is 0.377. The zero-order valence-electron chi connectivity index (χ0n) is 12.1. The average molecular weight is 349 g/mol. The largest absolute Gasteiger partial charge is 0.456 e. The first kappa shape index (κ1) is 15.4. The molecule has 0 heterocycles. The van der Waals surface area contributed by atoms with Crippen molar-refractivity contribution in [2.24, 2.45) is 10.9 Å². The van der Waals surface area contributed by atoms with E-state index in [1.165, 1.54) is 5.56 Å². The van der Waals surface area contributed by atoms with Crippen LogP contribution in [-0.2, 0) is 0 Å². The first-order chi connectivity index (χ1) is 9.93. The summed E-state index contributed by atoms with van der Waals surface area (Å²) in [5.74, 6) is 1.60. The van der Waals surface area contributed by atoms with Crippen molar-refractivity contribution < 1.29 is 9.94 Å². The number of hydrogen-bond donors (Lipinski definition) is 2. The third-order valence-electron chi connectivity index (χ3n) is 3.42. The second kappa shape index (κ2) is 6.18. The number of nitrogens with two attached hydrogens (primary N) is 1. The minimum atomic E-state index is 0.0603. The number of oxime groups is 1. The normalized spacial score (nSPS) is 11.5. The number of rotatable bonds is 3. The lowest BCUT2D eigenvalue weighted by atomic mass is 10.1. The molecule has 2 aromatic carbocycles. The van der Waals surface area contributed by atoms with Crippen LogP contribution >= 0.6 is 15.9 Å². The van der Waals surface area contributed by atoms with E-state index in [1.807, 2.05) is 19.9 Å². The molecule has 0 unspecified atom stereocenters. The van der Waals surface area contributed by atoms with E-state index in [0.717, 1.165) is 21.3 Å². The Morgan fingerprint density at radius 3 is 2.43 bits per heavy atom. The molecule has 0 bridgehead atoms. The van der Waals surface area contributed by atoms with Gasteiger partial charge in [-0.05, 0) is 71.6 Å². The molecule has 2 aromatic rings. The Bertz CT molecular complexity index is 712. The zero-order chi connectivity index (χ0) is 15.6. The summed E-state index contributed by atoms with van der Waals surface area (Å²) in [6.45, 7) is 6.11. The fourth-order valence-corrected chi connectivity index (χ4v) is 2.45. The maximum Gasteiger partial charge on any atom is 0.170 e. The van der Waals surface area contributed by atoms with Crippen molar-refractivity contribution in [3.8, 4) is 11.5 Å². The number of ether oxygens (including phenoxy) is 1. The van der Waals surface area contributed by atoms with Crippen LogP contribution in [0.3, 0.4) is 0 Å². The number of benzene rings is 2. The molecule has 0 radical (unpaired) electrons. The highest BCUT2D eigenvalue weighted by Gasteiger charge is 2.11. The Balaban J connectivity index is 2.39. The molecule has 0 saturated carbocycles. The average Bonchev–Trinajstić information content (AvgIpc) is 2.48. The van der Waals surface area contributed by atoms with Crippen molar-refractivity contribution in [3.05, 3.63) is 57.1 Å². The van der Waals surface area contributed by atoms with Crippen LogP contribution in [0.1, 0.15) is 22.3 Å². The van der Waals surface area contributed by atoms with Gasteiger partial charge < -0.3 is 15.7 Å². The predicted molar refractivity (Wildman–Crippen MR) is 87.4 cm³/mol. The van der Waals surface area contributed by atoms with Crippen molar-refractivity contribution in [2.75, 3.05) is 0 Å². The molecule has 0 amide bonds. The third kappa shape index (κ3) is 3.19. The minimum Gasteiger partial charge on any atom is -0.456 e. The van der Waals surface area contributed by atoms with Crippen LogP contribution in [0, 0.1) is 20.8 Å². The Hall–Kier alpha value is -2.01. The summed E-state index contributed by atoms with van der Waals surface area (Å²) in [5.41, 5.74) is 9.56. The molecule has 2 rings (SSSR count). The monoisotopic (exact) mass is 348 g/mol. The van der Waals surface area contributed by atoms with Crippen LogP contribution in [0.15, 0.2) is 40.0 Å². The van der Waals surface area contributed by atoms with Gasteiger partial charge in [0.1, 0.15) is 11.5 Å². The highest BCUT2D eigenvalue weighted by molar-refractivity contribution is 9.10. The number of halogens is 1. The van der Waals surface area contributed by atoms with Gasteiger partial charge in [-0.15, -0.1) is 0 Å². The minimum absolute atomic E-state index is 0.0603. The van der Waals surface area contributed by atoms with E-state index in [2.05, 4.69) is 34.1 Å². The highest BCUT2D eigenvalue weighted by atomic mass is 79.9. The summed E-state index contributed by atoms with van der Waals surface area (Å²) in [7, 11) is 0. The van der Waals surface area contributed by atoms with Crippen molar-refractivity contribution in [1.82, 2.24) is 0 Å². The van der Waals surface area contributed by atoms with E-state index in [4.69, 9.17) is 15.7 Å². The molecular weight excluding hydrogens is 332 g/mol. The summed E-state index contributed by atoms with van der Waals surface area (Å²) in [6.07, 6.45) is 0. The predicted octanol–water partition coefficient (Wildman–Crippen LogP) is 4.26. The van der Waals surface area contributed by atoms with Crippen molar-refractivity contribution in [2.45, 2.75) is 20.8 Å². The van der Waals surface area contributed by atoms with E-state index in [9.17, 15) is 0 Å². The van der Waals surface area contributed by atoms with E-state index in [-0.39, 0.29) is 5.84 Å². The standard InChI is InChI=1S/C16H17BrN2O2/c1-9-4-5-10(2)15(11(9)3)21-14-7-6-12(8-13(14)17)16(18)19-20/h4-8,20H,1-3H3,(H2,18,19). The van der Waals surface area contributed by atoms with Gasteiger partial charge in [-0.3, -0.25) is 0 Å². The summed E-state index contributed by atoms with van der Waals surface area (Å²) in [6, 6.07) is 9.41. The fraction of sp³-hybridized carbons (Fsp3) is 0.188. The Kier molecular flexibility index (Phi) is 4.53. The molecule has 4 nitrogen and oxygen atoms in total. The van der Waals surface area contributed by atoms with Crippen LogP contribution in [0.25, 0.3) is 0 Å². The van der Waals surface area contributed by atoms with Gasteiger partial charge in [0.05, 0.1) is 4.47 Å². The lowest BCUT2D eigenvalue weighted by Crippen LogP contribution is -2.12. The van der Waals surface area contributed by atoms with Crippen LogP contribution in [0.2, 0.25) is 0 Å². The molecule has 0 saturated heterocycles. The molecule has 0 atom stereocenters. The van der Waals surface area contributed by atoms with E-state index < -0.39 is 0 Å². The molecule has 3 N–H and O–H groups in total. The van der Waals surface area contributed by atoms with Crippen LogP contribution < -0.4 is 10.5 Å². The molecule has 0 aromatic heterocycles. The lowest BCUT2D eigenvalue weighted by Gasteiger charge is -2.15. The number of amidine groups is 1. The SMILES string of the molecule is Cc1ccc(C)c(Oc2ccc(/C(N)=N/O)cc2Br)c1C. The smallest absolute Gasteiger partial charge is 0.170 e. The molecule has 110 valence electrons. The van der Waals surface area contributed by atoms with Gasteiger partial charge in [-0.25, -0.2) is 0 Å². The van der Waals surface area contributed by atoms with Gasteiger partial charge in [0.15, 0.2) is 5.84 Å². The lowest BCUT2D eigenvalue weighted by molar-refractivity contribution is 0.318. The topological polar surface area (TPSA) is 67.8 Å². The highest BCUT2D eigenvalue weighted by Crippen LogP contribution is 2.35. The molecule has 0 aliphatic heterocycles. The summed E-state index contributed by atoms with van der Waals surface area (Å²) < 4.78 is 6.77. The maximum atomic E-state index is 8.70. The van der Waals surface area contributed by atoms with E-state index in [1.54, 1.807) is 18.2 Å². The van der Waals surface area contributed by atoms with Crippen LogP contribution in [-0.4, -0.2) is 11.0 Å². The summed E-state index contributed by atoms with van der Waals surface area (Å²) >= 11 is 3.45. The van der Waals surface area contributed by atoms with Crippen molar-refractivity contribution in [3.63, 3.8) is 0 Å². The van der Waals surface area contributed by atoms with Gasteiger partial charge in [0, 0.05) is 5.56 Å². The van der Waals surface area contributed by atoms with Gasteiger partial charge >= 0.3 is 0 Å². The maximum absolute atomic E-state index is 8.70. The van der Waals surface area contributed by atoms with Gasteiger partial charge in [0.25, 0.3) is 0 Å². The molecule has 5 heteroatoms. The Morgan fingerprint density at radius 1 is 1.14 bits per heavy atom. The third-order valence-corrected chi connectivity index (χ3v) is 4.04. The summed E-state index contributed by atoms with van der Waals surface area (Å²) in [4.78, 5) is 0. The Morgan fingerprint density at radius 2 is 1.81 bits per heavy atom. The number of aryl methyl sites for hydroxylation is 2. The molecule has 0 aliphatic carbocycles. The second-order valence-corrected chi connectivity index (χ2v) is 5.74. The molecule has 0 aliphatic rings. The van der Waals surface area contributed by atoms with Crippen LogP contribution in [0.4, 0.5) is 0 Å².